The third-order valence-electron chi connectivity index (χ3n) is 2.43. The molecule has 1 aliphatic heterocycles. The van der Waals surface area contributed by atoms with Crippen molar-refractivity contribution in [2.75, 3.05) is 20.4 Å². The van der Waals surface area contributed by atoms with E-state index in [0.717, 1.165) is 18.8 Å². The van der Waals surface area contributed by atoms with Crippen LogP contribution < -0.4 is 10.1 Å². The zero-order valence-corrected chi connectivity index (χ0v) is 8.32. The number of methoxy groups -OCH3 is 1. The Morgan fingerprint density at radius 2 is 2.36 bits per heavy atom. The zero-order valence-electron chi connectivity index (χ0n) is 8.32. The Hall–Kier alpha value is -1.06. The smallest absolute Gasteiger partial charge is 0.124 e. The molecule has 1 aliphatic rings. The molecule has 0 aliphatic carbocycles. The minimum Gasteiger partial charge on any atom is -0.493 e. The Bertz CT molecular complexity index is 301. The average Bonchev–Trinajstić information content (AvgIpc) is 2.26. The Balaban J connectivity index is 2.14. The SMILES string of the molecule is COCNC1CCOc2ccccc21. The van der Waals surface area contributed by atoms with Crippen LogP contribution in [0.3, 0.4) is 0 Å². The standard InChI is InChI=1S/C11H15NO2/c1-13-8-12-10-6-7-14-11-5-3-2-4-9(10)11/h2-5,10,12H,6-8H2,1H3. The van der Waals surface area contributed by atoms with Crippen LogP contribution in [0.25, 0.3) is 0 Å². The Morgan fingerprint density at radius 3 is 3.21 bits per heavy atom. The number of benzene rings is 1. The highest BCUT2D eigenvalue weighted by Gasteiger charge is 2.19. The van der Waals surface area contributed by atoms with Crippen LogP contribution in [0.15, 0.2) is 24.3 Å². The van der Waals surface area contributed by atoms with Gasteiger partial charge in [-0.15, -0.1) is 0 Å². The molecule has 1 atom stereocenters. The maximum absolute atomic E-state index is 5.55. The number of nitrogens with one attached hydrogen (secondary N) is 1. The van der Waals surface area contributed by atoms with Gasteiger partial charge in [-0.25, -0.2) is 0 Å². The van der Waals surface area contributed by atoms with Crippen LogP contribution in [0.5, 0.6) is 5.75 Å². The molecule has 0 fully saturated rings. The van der Waals surface area contributed by atoms with Crippen LogP contribution >= 0.6 is 0 Å². The van der Waals surface area contributed by atoms with Gasteiger partial charge >= 0.3 is 0 Å². The molecule has 1 aromatic carbocycles. The molecule has 1 heterocycles. The number of ether oxygens (including phenoxy) is 2. The molecule has 2 rings (SSSR count). The van der Waals surface area contributed by atoms with Crippen molar-refractivity contribution >= 4 is 0 Å². The summed E-state index contributed by atoms with van der Waals surface area (Å²) in [6, 6.07) is 8.50. The van der Waals surface area contributed by atoms with Gasteiger partial charge in [0, 0.05) is 25.1 Å². The lowest BCUT2D eigenvalue weighted by Gasteiger charge is -2.26. The summed E-state index contributed by atoms with van der Waals surface area (Å²) in [5.74, 6) is 0.993. The minimum atomic E-state index is 0.361. The molecule has 0 radical (unpaired) electrons. The molecular formula is C11H15NO2. The van der Waals surface area contributed by atoms with E-state index >= 15 is 0 Å². The maximum atomic E-state index is 5.55. The molecule has 1 N–H and O–H groups in total. The van der Waals surface area contributed by atoms with E-state index in [1.807, 2.05) is 18.2 Å². The van der Waals surface area contributed by atoms with E-state index in [1.54, 1.807) is 7.11 Å². The first kappa shape index (κ1) is 9.49. The fraction of sp³-hybridized carbons (Fsp3) is 0.455. The summed E-state index contributed by atoms with van der Waals surface area (Å²) in [5, 5.41) is 3.33. The van der Waals surface area contributed by atoms with Crippen LogP contribution in [0.4, 0.5) is 0 Å². The molecule has 1 unspecified atom stereocenters. The average molecular weight is 193 g/mol. The van der Waals surface area contributed by atoms with Crippen LogP contribution in [0, 0.1) is 0 Å². The Labute approximate surface area is 84.0 Å². The van der Waals surface area contributed by atoms with E-state index in [4.69, 9.17) is 9.47 Å². The second-order valence-electron chi connectivity index (χ2n) is 3.36. The summed E-state index contributed by atoms with van der Waals surface area (Å²) in [6.45, 7) is 1.36. The van der Waals surface area contributed by atoms with Gasteiger partial charge in [0.15, 0.2) is 0 Å². The molecule has 3 heteroatoms. The van der Waals surface area contributed by atoms with Crippen LogP contribution in [-0.4, -0.2) is 20.4 Å². The quantitative estimate of drug-likeness (QED) is 0.741. The number of fused-ring (bicyclic) bond motifs is 1. The highest BCUT2D eigenvalue weighted by molar-refractivity contribution is 5.37. The largest absolute Gasteiger partial charge is 0.493 e. The number of hydrogen-bond donors (Lipinski definition) is 1. The number of para-hydroxylation sites is 1. The lowest BCUT2D eigenvalue weighted by molar-refractivity contribution is 0.149. The van der Waals surface area contributed by atoms with Crippen LogP contribution in [0.2, 0.25) is 0 Å². The fourth-order valence-corrected chi connectivity index (χ4v) is 1.74. The predicted octanol–water partition coefficient (Wildman–Crippen LogP) is 1.70. The van der Waals surface area contributed by atoms with Crippen molar-refractivity contribution in [1.82, 2.24) is 5.32 Å². The second kappa shape index (κ2) is 4.44. The van der Waals surface area contributed by atoms with E-state index in [2.05, 4.69) is 11.4 Å². The van der Waals surface area contributed by atoms with Gasteiger partial charge in [-0.05, 0) is 6.07 Å². The minimum absolute atomic E-state index is 0.361. The molecule has 3 nitrogen and oxygen atoms in total. The number of hydrogen-bond acceptors (Lipinski definition) is 3. The van der Waals surface area contributed by atoms with E-state index in [0.29, 0.717) is 12.8 Å². The van der Waals surface area contributed by atoms with E-state index in [1.165, 1.54) is 5.56 Å². The first-order valence-corrected chi connectivity index (χ1v) is 4.86. The monoisotopic (exact) mass is 193 g/mol. The summed E-state index contributed by atoms with van der Waals surface area (Å²) in [5.41, 5.74) is 1.23. The van der Waals surface area contributed by atoms with Gasteiger partial charge in [-0.1, -0.05) is 18.2 Å². The Morgan fingerprint density at radius 1 is 1.50 bits per heavy atom. The lowest BCUT2D eigenvalue weighted by Crippen LogP contribution is -2.28. The summed E-state index contributed by atoms with van der Waals surface area (Å²) in [6.07, 6.45) is 1.00. The fourth-order valence-electron chi connectivity index (χ4n) is 1.74. The van der Waals surface area contributed by atoms with Gasteiger partial charge in [-0.2, -0.15) is 0 Å². The lowest BCUT2D eigenvalue weighted by atomic mass is 10.0. The van der Waals surface area contributed by atoms with Gasteiger partial charge < -0.3 is 9.47 Å². The number of rotatable bonds is 3. The Kier molecular flexibility index (Phi) is 3.01. The molecule has 0 saturated carbocycles. The molecule has 0 amide bonds. The summed E-state index contributed by atoms with van der Waals surface area (Å²) < 4.78 is 10.6. The van der Waals surface area contributed by atoms with Crippen molar-refractivity contribution in [3.8, 4) is 5.75 Å². The zero-order chi connectivity index (χ0) is 9.80. The van der Waals surface area contributed by atoms with Gasteiger partial charge in [0.1, 0.15) is 5.75 Å². The molecule has 76 valence electrons. The van der Waals surface area contributed by atoms with Crippen molar-refractivity contribution in [2.24, 2.45) is 0 Å². The molecular weight excluding hydrogens is 178 g/mol. The molecule has 1 aromatic rings. The van der Waals surface area contributed by atoms with Crippen LogP contribution in [-0.2, 0) is 4.74 Å². The van der Waals surface area contributed by atoms with E-state index < -0.39 is 0 Å². The molecule has 0 spiro atoms. The third kappa shape index (κ3) is 1.89. The van der Waals surface area contributed by atoms with Crippen LogP contribution in [0.1, 0.15) is 18.0 Å². The van der Waals surface area contributed by atoms with Crippen molar-refractivity contribution in [3.63, 3.8) is 0 Å². The van der Waals surface area contributed by atoms with Gasteiger partial charge in [0.25, 0.3) is 0 Å². The normalized spacial score (nSPS) is 19.9. The predicted molar refractivity (Wildman–Crippen MR) is 54.3 cm³/mol. The molecule has 14 heavy (non-hydrogen) atoms. The third-order valence-corrected chi connectivity index (χ3v) is 2.43. The molecule has 0 saturated heterocycles. The highest BCUT2D eigenvalue weighted by atomic mass is 16.5. The van der Waals surface area contributed by atoms with Crippen molar-refractivity contribution < 1.29 is 9.47 Å². The first-order chi connectivity index (χ1) is 6.92. The maximum Gasteiger partial charge on any atom is 0.124 e. The van der Waals surface area contributed by atoms with Gasteiger partial charge in [-0.3, -0.25) is 5.32 Å². The van der Waals surface area contributed by atoms with Gasteiger partial charge in [0.2, 0.25) is 0 Å². The first-order valence-electron chi connectivity index (χ1n) is 4.86. The highest BCUT2D eigenvalue weighted by Crippen LogP contribution is 2.31. The van der Waals surface area contributed by atoms with Crippen molar-refractivity contribution in [1.29, 1.82) is 0 Å². The second-order valence-corrected chi connectivity index (χ2v) is 3.36. The van der Waals surface area contributed by atoms with E-state index in [-0.39, 0.29) is 0 Å². The summed E-state index contributed by atoms with van der Waals surface area (Å²) in [4.78, 5) is 0. The topological polar surface area (TPSA) is 30.5 Å². The molecule has 0 aromatic heterocycles. The van der Waals surface area contributed by atoms with Crippen molar-refractivity contribution in [2.45, 2.75) is 12.5 Å². The van der Waals surface area contributed by atoms with E-state index in [9.17, 15) is 0 Å². The summed E-state index contributed by atoms with van der Waals surface area (Å²) >= 11 is 0. The molecule has 0 bridgehead atoms. The van der Waals surface area contributed by atoms with Crippen molar-refractivity contribution in [3.05, 3.63) is 29.8 Å². The van der Waals surface area contributed by atoms with Gasteiger partial charge in [0.05, 0.1) is 13.3 Å². The summed E-state index contributed by atoms with van der Waals surface area (Å²) in [7, 11) is 1.69.